The van der Waals surface area contributed by atoms with Crippen LogP contribution in [-0.4, -0.2) is 44.9 Å². The van der Waals surface area contributed by atoms with Crippen molar-refractivity contribution in [3.8, 4) is 0 Å². The summed E-state index contributed by atoms with van der Waals surface area (Å²) in [5.74, 6) is 0.153. The van der Waals surface area contributed by atoms with Crippen molar-refractivity contribution in [1.82, 2.24) is 9.62 Å². The molecular formula is C21H28N2O4S2. The highest BCUT2D eigenvalue weighted by atomic mass is 32.2. The minimum atomic E-state index is -3.66. The Hall–Kier alpha value is -1.74. The second-order valence-electron chi connectivity index (χ2n) is 7.67. The van der Waals surface area contributed by atoms with E-state index in [0.29, 0.717) is 43.3 Å². The van der Waals surface area contributed by atoms with Crippen LogP contribution in [0.25, 0.3) is 0 Å². The maximum atomic E-state index is 13.1. The van der Waals surface area contributed by atoms with Crippen LogP contribution in [0.2, 0.25) is 0 Å². The van der Waals surface area contributed by atoms with Gasteiger partial charge in [-0.15, -0.1) is 11.3 Å². The lowest BCUT2D eigenvalue weighted by atomic mass is 10.0. The molecule has 0 saturated carbocycles. The van der Waals surface area contributed by atoms with Gasteiger partial charge in [0.15, 0.2) is 0 Å². The van der Waals surface area contributed by atoms with Crippen molar-refractivity contribution in [2.45, 2.75) is 38.1 Å². The number of carbonyl (C=O) groups is 1. The molecule has 158 valence electrons. The molecule has 1 atom stereocenters. The van der Waals surface area contributed by atoms with E-state index in [1.54, 1.807) is 30.4 Å². The summed E-state index contributed by atoms with van der Waals surface area (Å²) in [5.41, 5.74) is 0.984. The number of hydrogen-bond acceptors (Lipinski definition) is 5. The zero-order chi connectivity index (χ0) is 21.0. The average molecular weight is 437 g/mol. The molecule has 0 radical (unpaired) electrons. The third-order valence-corrected chi connectivity index (χ3v) is 7.96. The van der Waals surface area contributed by atoms with Crippen LogP contribution in [0.15, 0.2) is 40.6 Å². The van der Waals surface area contributed by atoms with Gasteiger partial charge in [0.25, 0.3) is 5.91 Å². The molecule has 0 bridgehead atoms. The summed E-state index contributed by atoms with van der Waals surface area (Å²) >= 11 is 1.61. The Morgan fingerprint density at radius 1 is 1.24 bits per heavy atom. The summed E-state index contributed by atoms with van der Waals surface area (Å²) in [7, 11) is -3.66. The molecule has 1 unspecified atom stereocenters. The highest BCUT2D eigenvalue weighted by molar-refractivity contribution is 7.89. The predicted octanol–water partition coefficient (Wildman–Crippen LogP) is 3.59. The Morgan fingerprint density at radius 3 is 2.59 bits per heavy atom. The molecule has 1 aromatic carbocycles. The van der Waals surface area contributed by atoms with Gasteiger partial charge in [0.05, 0.1) is 24.2 Å². The van der Waals surface area contributed by atoms with Gasteiger partial charge in [-0.25, -0.2) is 8.42 Å². The summed E-state index contributed by atoms with van der Waals surface area (Å²) in [4.78, 5) is 14.2. The van der Waals surface area contributed by atoms with Gasteiger partial charge in [-0.3, -0.25) is 4.79 Å². The number of hydrogen-bond donors (Lipinski definition) is 1. The highest BCUT2D eigenvalue weighted by Gasteiger charge is 2.29. The van der Waals surface area contributed by atoms with Crippen LogP contribution in [0.3, 0.4) is 0 Å². The van der Waals surface area contributed by atoms with Crippen molar-refractivity contribution in [3.05, 3.63) is 51.7 Å². The topological polar surface area (TPSA) is 75.7 Å². The van der Waals surface area contributed by atoms with Gasteiger partial charge in [-0.1, -0.05) is 26.0 Å². The van der Waals surface area contributed by atoms with E-state index in [1.165, 1.54) is 10.4 Å². The van der Waals surface area contributed by atoms with E-state index < -0.39 is 10.0 Å². The van der Waals surface area contributed by atoms with Gasteiger partial charge in [-0.2, -0.15) is 4.31 Å². The van der Waals surface area contributed by atoms with Gasteiger partial charge < -0.3 is 10.1 Å². The normalized spacial score (nSPS) is 16.7. The summed E-state index contributed by atoms with van der Waals surface area (Å²) in [5, 5.41) is 5.08. The molecule has 1 amide bonds. The smallest absolute Gasteiger partial charge is 0.251 e. The summed E-state index contributed by atoms with van der Waals surface area (Å²) in [6.45, 7) is 7.41. The van der Waals surface area contributed by atoms with E-state index in [4.69, 9.17) is 4.74 Å². The zero-order valence-electron chi connectivity index (χ0n) is 17.1. The van der Waals surface area contributed by atoms with E-state index >= 15 is 0 Å². The first-order valence-electron chi connectivity index (χ1n) is 9.82. The first-order valence-corrected chi connectivity index (χ1v) is 12.1. The molecule has 2 aromatic rings. The number of sulfonamides is 1. The molecule has 1 fully saturated rings. The first-order chi connectivity index (χ1) is 13.8. The van der Waals surface area contributed by atoms with Crippen LogP contribution >= 0.6 is 11.3 Å². The van der Waals surface area contributed by atoms with E-state index in [9.17, 15) is 13.2 Å². The third kappa shape index (κ3) is 5.25. The number of nitrogens with zero attached hydrogens (tertiary/aromatic N) is 1. The van der Waals surface area contributed by atoms with E-state index in [0.717, 1.165) is 11.3 Å². The van der Waals surface area contributed by atoms with Crippen LogP contribution < -0.4 is 5.32 Å². The summed E-state index contributed by atoms with van der Waals surface area (Å²) in [6.07, 6.45) is 0.817. The Balaban J connectivity index is 1.85. The number of nitrogens with one attached hydrogen (secondary N) is 1. The lowest BCUT2D eigenvalue weighted by Gasteiger charge is -2.27. The fourth-order valence-corrected chi connectivity index (χ4v) is 5.84. The molecule has 1 aliphatic rings. The molecule has 1 aliphatic heterocycles. The van der Waals surface area contributed by atoms with Crippen LogP contribution in [-0.2, 0) is 14.8 Å². The zero-order valence-corrected chi connectivity index (χ0v) is 18.7. The minimum absolute atomic E-state index is 0.0943. The average Bonchev–Trinajstić information content (AvgIpc) is 3.22. The molecule has 1 aromatic heterocycles. The van der Waals surface area contributed by atoms with E-state index in [2.05, 4.69) is 19.2 Å². The minimum Gasteiger partial charge on any atom is -0.379 e. The number of rotatable bonds is 7. The van der Waals surface area contributed by atoms with E-state index in [1.807, 2.05) is 17.5 Å². The van der Waals surface area contributed by atoms with Gasteiger partial charge in [0, 0.05) is 23.5 Å². The van der Waals surface area contributed by atoms with Crippen LogP contribution in [0.5, 0.6) is 0 Å². The summed E-state index contributed by atoms with van der Waals surface area (Å²) in [6, 6.07) is 8.77. The van der Waals surface area contributed by atoms with Gasteiger partial charge in [0.1, 0.15) is 0 Å². The van der Waals surface area contributed by atoms with Crippen molar-refractivity contribution >= 4 is 27.3 Å². The molecule has 2 heterocycles. The largest absolute Gasteiger partial charge is 0.379 e. The number of thiophene rings is 1. The molecule has 1 saturated heterocycles. The molecular weight excluding hydrogens is 408 g/mol. The standard InChI is InChI=1S/C21H28N2O4S2/c1-15(2)13-18(19-5-4-12-28-19)22-21(24)17-7-6-16(3)20(14-17)29(25,26)23-8-10-27-11-9-23/h4-7,12,14-15,18H,8-11,13H2,1-3H3,(H,22,24). The Labute approximate surface area is 176 Å². The molecule has 8 heteroatoms. The number of aryl methyl sites for hydroxylation is 1. The number of amides is 1. The number of benzene rings is 1. The van der Waals surface area contributed by atoms with Crippen LogP contribution in [0.1, 0.15) is 47.1 Å². The lowest BCUT2D eigenvalue weighted by molar-refractivity contribution is 0.0730. The maximum Gasteiger partial charge on any atom is 0.251 e. The van der Waals surface area contributed by atoms with Crippen molar-refractivity contribution in [2.75, 3.05) is 26.3 Å². The highest BCUT2D eigenvalue weighted by Crippen LogP contribution is 2.27. The van der Waals surface area contributed by atoms with Crippen LogP contribution in [0.4, 0.5) is 0 Å². The second-order valence-corrected chi connectivity index (χ2v) is 10.6. The monoisotopic (exact) mass is 436 g/mol. The van der Waals surface area contributed by atoms with Crippen molar-refractivity contribution in [1.29, 1.82) is 0 Å². The van der Waals surface area contributed by atoms with Crippen molar-refractivity contribution in [3.63, 3.8) is 0 Å². The Bertz CT molecular complexity index is 934. The van der Waals surface area contributed by atoms with Crippen molar-refractivity contribution < 1.29 is 17.9 Å². The Morgan fingerprint density at radius 2 is 1.97 bits per heavy atom. The van der Waals surface area contributed by atoms with Gasteiger partial charge in [0.2, 0.25) is 10.0 Å². The molecule has 3 rings (SSSR count). The quantitative estimate of drug-likeness (QED) is 0.720. The molecule has 0 spiro atoms. The van der Waals surface area contributed by atoms with Crippen LogP contribution in [0, 0.1) is 12.8 Å². The SMILES string of the molecule is Cc1ccc(C(=O)NC(CC(C)C)c2cccs2)cc1S(=O)(=O)N1CCOCC1. The van der Waals surface area contributed by atoms with Gasteiger partial charge >= 0.3 is 0 Å². The first kappa shape index (κ1) is 22.0. The third-order valence-electron chi connectivity index (χ3n) is 4.94. The Kier molecular flexibility index (Phi) is 7.10. The second kappa shape index (κ2) is 9.38. The fraction of sp³-hybridized carbons (Fsp3) is 0.476. The number of carbonyl (C=O) groups excluding carboxylic acids is 1. The van der Waals surface area contributed by atoms with Crippen molar-refractivity contribution in [2.24, 2.45) is 5.92 Å². The molecule has 6 nitrogen and oxygen atoms in total. The predicted molar refractivity (Wildman–Crippen MR) is 115 cm³/mol. The molecule has 0 aliphatic carbocycles. The van der Waals surface area contributed by atoms with Gasteiger partial charge in [-0.05, 0) is 48.4 Å². The maximum absolute atomic E-state index is 13.1. The lowest BCUT2D eigenvalue weighted by Crippen LogP contribution is -2.41. The molecule has 29 heavy (non-hydrogen) atoms. The molecule has 1 N–H and O–H groups in total. The summed E-state index contributed by atoms with van der Waals surface area (Å²) < 4.78 is 32.8. The number of ether oxygens (including phenoxy) is 1. The van der Waals surface area contributed by atoms with E-state index in [-0.39, 0.29) is 16.8 Å². The number of morpholine rings is 1. The fourth-order valence-electron chi connectivity index (χ4n) is 3.39.